The molecule has 1 N–H and O–H groups in total. The summed E-state index contributed by atoms with van der Waals surface area (Å²) in [6.07, 6.45) is 1.93. The molecule has 0 saturated heterocycles. The average Bonchev–Trinajstić information content (AvgIpc) is 3.18. The number of carbonyl (C=O) groups is 1. The second kappa shape index (κ2) is 6.25. The van der Waals surface area contributed by atoms with Crippen molar-refractivity contribution in [3.05, 3.63) is 54.6 Å². The van der Waals surface area contributed by atoms with Gasteiger partial charge in [0.1, 0.15) is 10.8 Å². The van der Waals surface area contributed by atoms with E-state index in [0.717, 1.165) is 34.1 Å². The third-order valence-corrected chi connectivity index (χ3v) is 5.07. The van der Waals surface area contributed by atoms with Gasteiger partial charge in [0.05, 0.1) is 11.3 Å². The number of nitrogens with zero attached hydrogens (tertiary/aromatic N) is 2. The highest BCUT2D eigenvalue weighted by Crippen LogP contribution is 2.50. The van der Waals surface area contributed by atoms with Crippen molar-refractivity contribution >= 4 is 17.9 Å². The van der Waals surface area contributed by atoms with E-state index in [2.05, 4.69) is 4.98 Å². The lowest BCUT2D eigenvalue weighted by Gasteiger charge is -2.10. The average molecular weight is 356 g/mol. The quantitative estimate of drug-likeness (QED) is 0.699. The lowest BCUT2D eigenvalue weighted by molar-refractivity contribution is 0.143. The minimum atomic E-state index is -1.36. The molecule has 1 aliphatic rings. The number of hydrogen-bond acceptors (Lipinski definition) is 4. The SMILES string of the molecule is O=C(O)Oc1c(-c2ccncc2)c(-c2ccc(F)cc2)n2c1SCC2. The van der Waals surface area contributed by atoms with Crippen molar-refractivity contribution in [2.45, 2.75) is 11.6 Å². The van der Waals surface area contributed by atoms with Crippen LogP contribution < -0.4 is 4.74 Å². The summed E-state index contributed by atoms with van der Waals surface area (Å²) in [5.41, 5.74) is 3.10. The standard InChI is InChI=1S/C18H13FN2O3S/c19-13-3-1-12(2-4-13)15-14(11-5-7-20-8-6-11)16(24-18(22)23)17-21(15)9-10-25-17/h1-8H,9-10H2,(H,22,23). The van der Waals surface area contributed by atoms with Crippen LogP contribution in [0.5, 0.6) is 5.75 Å². The Morgan fingerprint density at radius 3 is 2.56 bits per heavy atom. The lowest BCUT2D eigenvalue weighted by atomic mass is 10.0. The molecule has 3 aromatic rings. The molecule has 0 saturated carbocycles. The van der Waals surface area contributed by atoms with E-state index >= 15 is 0 Å². The van der Waals surface area contributed by atoms with E-state index in [9.17, 15) is 14.3 Å². The highest BCUT2D eigenvalue weighted by molar-refractivity contribution is 7.99. The highest BCUT2D eigenvalue weighted by Gasteiger charge is 2.30. The van der Waals surface area contributed by atoms with Crippen LogP contribution in [0.4, 0.5) is 9.18 Å². The molecule has 25 heavy (non-hydrogen) atoms. The topological polar surface area (TPSA) is 64.3 Å². The lowest BCUT2D eigenvalue weighted by Crippen LogP contribution is -2.04. The number of ether oxygens (including phenoxy) is 1. The minimum absolute atomic E-state index is 0.320. The van der Waals surface area contributed by atoms with Gasteiger partial charge in [-0.15, -0.1) is 11.8 Å². The first-order valence-electron chi connectivity index (χ1n) is 7.61. The fourth-order valence-corrected chi connectivity index (χ4v) is 4.12. The molecule has 126 valence electrons. The Balaban J connectivity index is 2.02. The van der Waals surface area contributed by atoms with Gasteiger partial charge >= 0.3 is 6.16 Å². The van der Waals surface area contributed by atoms with Crippen LogP contribution in [0.3, 0.4) is 0 Å². The third-order valence-electron chi connectivity index (χ3n) is 4.00. The molecular weight excluding hydrogens is 343 g/mol. The maximum atomic E-state index is 13.4. The van der Waals surface area contributed by atoms with Crippen molar-refractivity contribution in [1.29, 1.82) is 0 Å². The van der Waals surface area contributed by atoms with Crippen LogP contribution in [0, 0.1) is 5.82 Å². The predicted molar refractivity (Wildman–Crippen MR) is 92.4 cm³/mol. The van der Waals surface area contributed by atoms with Crippen molar-refractivity contribution in [1.82, 2.24) is 9.55 Å². The number of benzene rings is 1. The molecule has 0 spiro atoms. The molecule has 0 unspecified atom stereocenters. The molecule has 5 nitrogen and oxygen atoms in total. The van der Waals surface area contributed by atoms with E-state index in [4.69, 9.17) is 4.74 Å². The second-order valence-corrected chi connectivity index (χ2v) is 6.55. The van der Waals surface area contributed by atoms with E-state index in [1.807, 2.05) is 4.57 Å². The molecule has 0 amide bonds. The van der Waals surface area contributed by atoms with E-state index < -0.39 is 6.16 Å². The van der Waals surface area contributed by atoms with Crippen molar-refractivity contribution in [3.8, 4) is 28.1 Å². The summed E-state index contributed by atoms with van der Waals surface area (Å²) in [5.74, 6) is 0.829. The first-order chi connectivity index (χ1) is 12.1. The van der Waals surface area contributed by atoms with Gasteiger partial charge in [0, 0.05) is 24.7 Å². The fraction of sp³-hybridized carbons (Fsp3) is 0.111. The van der Waals surface area contributed by atoms with Crippen LogP contribution in [-0.2, 0) is 6.54 Å². The van der Waals surface area contributed by atoms with E-state index in [1.54, 1.807) is 48.4 Å². The first kappa shape index (κ1) is 15.7. The van der Waals surface area contributed by atoms with Crippen LogP contribution in [0.2, 0.25) is 0 Å². The Labute approximate surface area is 147 Å². The van der Waals surface area contributed by atoms with Gasteiger partial charge in [0.2, 0.25) is 0 Å². The largest absolute Gasteiger partial charge is 0.511 e. The maximum absolute atomic E-state index is 13.4. The van der Waals surface area contributed by atoms with E-state index in [-0.39, 0.29) is 5.82 Å². The van der Waals surface area contributed by atoms with Gasteiger partial charge in [0.15, 0.2) is 5.75 Å². The van der Waals surface area contributed by atoms with Gasteiger partial charge < -0.3 is 14.4 Å². The molecule has 7 heteroatoms. The number of halogens is 1. The van der Waals surface area contributed by atoms with Gasteiger partial charge in [-0.05, 0) is 47.5 Å². The number of thioether (sulfide) groups is 1. The Morgan fingerprint density at radius 1 is 1.16 bits per heavy atom. The molecule has 0 radical (unpaired) electrons. The van der Waals surface area contributed by atoms with Crippen LogP contribution in [0.1, 0.15) is 0 Å². The van der Waals surface area contributed by atoms with Crippen molar-refractivity contribution in [2.24, 2.45) is 0 Å². The minimum Gasteiger partial charge on any atom is -0.449 e. The predicted octanol–water partition coefficient (Wildman–Crippen LogP) is 4.52. The number of carboxylic acid groups (broad SMARTS) is 1. The molecule has 4 rings (SSSR count). The summed E-state index contributed by atoms with van der Waals surface area (Å²) in [4.78, 5) is 15.3. The first-order valence-corrected chi connectivity index (χ1v) is 8.60. The third kappa shape index (κ3) is 2.76. The maximum Gasteiger partial charge on any atom is 0.511 e. The molecule has 0 aliphatic carbocycles. The summed E-state index contributed by atoms with van der Waals surface area (Å²) in [7, 11) is 0. The van der Waals surface area contributed by atoms with E-state index in [1.165, 1.54) is 12.1 Å². The molecule has 1 aliphatic heterocycles. The molecule has 2 aromatic heterocycles. The Hall–Kier alpha value is -2.80. The summed E-state index contributed by atoms with van der Waals surface area (Å²) in [6.45, 7) is 0.730. The number of hydrogen-bond donors (Lipinski definition) is 1. The molecule has 0 fully saturated rings. The molecule has 0 bridgehead atoms. The number of pyridine rings is 1. The van der Waals surface area contributed by atoms with Gasteiger partial charge in [0.25, 0.3) is 0 Å². The van der Waals surface area contributed by atoms with E-state index in [0.29, 0.717) is 11.3 Å². The van der Waals surface area contributed by atoms with Crippen molar-refractivity contribution < 1.29 is 19.0 Å². The van der Waals surface area contributed by atoms with Gasteiger partial charge in [-0.2, -0.15) is 0 Å². The number of aromatic nitrogens is 2. The summed E-state index contributed by atoms with van der Waals surface area (Å²) >= 11 is 1.55. The Morgan fingerprint density at radius 2 is 1.88 bits per heavy atom. The van der Waals surface area contributed by atoms with Gasteiger partial charge in [-0.1, -0.05) is 0 Å². The van der Waals surface area contributed by atoms with Crippen molar-refractivity contribution in [2.75, 3.05) is 5.75 Å². The Kier molecular flexibility index (Phi) is 3.93. The monoisotopic (exact) mass is 356 g/mol. The zero-order valence-electron chi connectivity index (χ0n) is 13.0. The summed E-state index contributed by atoms with van der Waals surface area (Å²) in [6, 6.07) is 9.78. The summed E-state index contributed by atoms with van der Waals surface area (Å²) < 4.78 is 20.5. The van der Waals surface area contributed by atoms with Crippen LogP contribution >= 0.6 is 11.8 Å². The highest BCUT2D eigenvalue weighted by atomic mass is 32.2. The van der Waals surface area contributed by atoms with Crippen LogP contribution in [-0.4, -0.2) is 26.6 Å². The summed E-state index contributed by atoms with van der Waals surface area (Å²) in [5, 5.41) is 9.95. The van der Waals surface area contributed by atoms with Crippen LogP contribution in [0.25, 0.3) is 22.4 Å². The smallest absolute Gasteiger partial charge is 0.449 e. The second-order valence-electron chi connectivity index (χ2n) is 5.47. The zero-order chi connectivity index (χ0) is 17.4. The van der Waals surface area contributed by atoms with Gasteiger partial charge in [-0.3, -0.25) is 4.98 Å². The number of rotatable bonds is 3. The molecular formula is C18H13FN2O3S. The van der Waals surface area contributed by atoms with Crippen LogP contribution in [0.15, 0.2) is 53.8 Å². The molecule has 1 aromatic carbocycles. The number of fused-ring (bicyclic) bond motifs is 1. The van der Waals surface area contributed by atoms with Gasteiger partial charge in [-0.25, -0.2) is 9.18 Å². The van der Waals surface area contributed by atoms with Crippen molar-refractivity contribution in [3.63, 3.8) is 0 Å². The normalized spacial score (nSPS) is 12.8. The fourth-order valence-electron chi connectivity index (χ4n) is 3.04. The molecule has 0 atom stereocenters. The zero-order valence-corrected chi connectivity index (χ0v) is 13.8. The Bertz CT molecular complexity index is 939. The molecule has 3 heterocycles.